The monoisotopic (exact) mass is 339 g/mol. The van der Waals surface area contributed by atoms with E-state index in [9.17, 15) is 0 Å². The van der Waals surface area contributed by atoms with Gasteiger partial charge in [0, 0.05) is 6.04 Å². The fraction of sp³-hybridized carbons (Fsp3) is 0.632. The van der Waals surface area contributed by atoms with Gasteiger partial charge in [-0.05, 0) is 70.5 Å². The molecule has 2 N–H and O–H groups in total. The molecule has 132 valence electrons. The van der Waals surface area contributed by atoms with E-state index in [-0.39, 0.29) is 18.3 Å². The van der Waals surface area contributed by atoms with Crippen LogP contribution in [0.5, 0.6) is 0 Å². The zero-order chi connectivity index (χ0) is 17.4. The van der Waals surface area contributed by atoms with E-state index >= 15 is 0 Å². The number of nitrogens with one attached hydrogen (secondary N) is 2. The molecule has 3 atom stereocenters. The highest BCUT2D eigenvalue weighted by molar-refractivity contribution is 6.62. The first-order valence-electron chi connectivity index (χ1n) is 9.44. The summed E-state index contributed by atoms with van der Waals surface area (Å²) in [6.07, 6.45) is 3.92. The molecule has 1 saturated carbocycles. The van der Waals surface area contributed by atoms with Crippen molar-refractivity contribution in [3.8, 4) is 0 Å². The summed E-state index contributed by atoms with van der Waals surface area (Å²) in [5.74, 6) is 1.81. The first-order chi connectivity index (χ1) is 11.8. The van der Waals surface area contributed by atoms with Gasteiger partial charge in [0.2, 0.25) is 0 Å². The van der Waals surface area contributed by atoms with E-state index in [0.29, 0.717) is 12.1 Å². The second-order valence-electron chi connectivity index (χ2n) is 8.90. The lowest BCUT2D eigenvalue weighted by Gasteiger charge is -2.32. The lowest BCUT2D eigenvalue weighted by atomic mass is 9.79. The molecular formula is C19H26BN3O2. The highest BCUT2D eigenvalue weighted by atomic mass is 16.7. The standard InChI is InChI=1S/C19H26BN3O2/c1-18(2)19(3,4)25-20(24-18)12-6-8-14-15(10-12)23-17(22-14)16-11-5-7-13(9-11)21-16/h6,8,10-11,13,16,21H,5,7,9H2,1-4H3,(H,22,23)/t11-,13+,16-/m1/s1. The van der Waals surface area contributed by atoms with Gasteiger partial charge >= 0.3 is 7.12 Å². The molecule has 3 aliphatic rings. The molecule has 2 aromatic rings. The number of imidazole rings is 1. The Morgan fingerprint density at radius 3 is 2.52 bits per heavy atom. The zero-order valence-electron chi connectivity index (χ0n) is 15.4. The average Bonchev–Trinajstić information content (AvgIpc) is 3.29. The lowest BCUT2D eigenvalue weighted by molar-refractivity contribution is 0.00578. The second-order valence-corrected chi connectivity index (χ2v) is 8.90. The SMILES string of the molecule is CC1(C)OB(c2ccc3nc([C@@H]4N[C@H]5CC[C@@H]4C5)[nH]c3c2)OC1(C)C. The van der Waals surface area contributed by atoms with Gasteiger partial charge in [-0.15, -0.1) is 0 Å². The van der Waals surface area contributed by atoms with Crippen molar-refractivity contribution in [2.75, 3.05) is 0 Å². The molecular weight excluding hydrogens is 313 g/mol. The number of hydrogen-bond donors (Lipinski definition) is 2. The third-order valence-corrected chi connectivity index (χ3v) is 6.70. The summed E-state index contributed by atoms with van der Waals surface area (Å²) in [6.45, 7) is 8.34. The first kappa shape index (κ1) is 15.9. The van der Waals surface area contributed by atoms with Crippen molar-refractivity contribution < 1.29 is 9.31 Å². The lowest BCUT2D eigenvalue weighted by Crippen LogP contribution is -2.41. The molecule has 5 nitrogen and oxygen atoms in total. The second kappa shape index (κ2) is 5.09. The minimum atomic E-state index is -0.332. The number of aromatic nitrogens is 2. The van der Waals surface area contributed by atoms with Gasteiger partial charge in [-0.25, -0.2) is 4.98 Å². The van der Waals surface area contributed by atoms with E-state index < -0.39 is 0 Å². The van der Waals surface area contributed by atoms with Crippen molar-refractivity contribution in [1.29, 1.82) is 0 Å². The third-order valence-electron chi connectivity index (χ3n) is 6.70. The van der Waals surface area contributed by atoms with Crippen LogP contribution in [0.25, 0.3) is 11.0 Å². The summed E-state index contributed by atoms with van der Waals surface area (Å²) in [7, 11) is -0.332. The van der Waals surface area contributed by atoms with E-state index in [4.69, 9.17) is 14.3 Å². The molecule has 2 bridgehead atoms. The van der Waals surface area contributed by atoms with E-state index in [1.54, 1.807) is 0 Å². The van der Waals surface area contributed by atoms with Crippen LogP contribution in [0.15, 0.2) is 18.2 Å². The number of fused-ring (bicyclic) bond motifs is 3. The zero-order valence-corrected chi connectivity index (χ0v) is 15.4. The molecule has 3 fully saturated rings. The average molecular weight is 339 g/mol. The maximum absolute atomic E-state index is 6.18. The van der Waals surface area contributed by atoms with E-state index in [1.165, 1.54) is 19.3 Å². The van der Waals surface area contributed by atoms with Gasteiger partial charge in [-0.3, -0.25) is 0 Å². The summed E-state index contributed by atoms with van der Waals surface area (Å²) in [6, 6.07) is 7.34. The Bertz CT molecular complexity index is 815. The van der Waals surface area contributed by atoms with Crippen LogP contribution in [0, 0.1) is 5.92 Å². The van der Waals surface area contributed by atoms with Crippen LogP contribution >= 0.6 is 0 Å². The van der Waals surface area contributed by atoms with Crippen molar-refractivity contribution in [2.45, 2.75) is 70.2 Å². The first-order valence-corrected chi connectivity index (χ1v) is 9.44. The minimum Gasteiger partial charge on any atom is -0.399 e. The smallest absolute Gasteiger partial charge is 0.399 e. The molecule has 2 saturated heterocycles. The van der Waals surface area contributed by atoms with Crippen molar-refractivity contribution in [1.82, 2.24) is 15.3 Å². The maximum Gasteiger partial charge on any atom is 0.494 e. The summed E-state index contributed by atoms with van der Waals surface area (Å²) in [4.78, 5) is 8.38. The Morgan fingerprint density at radius 2 is 1.88 bits per heavy atom. The number of hydrogen-bond acceptors (Lipinski definition) is 4. The third kappa shape index (κ3) is 2.38. The highest BCUT2D eigenvalue weighted by Crippen LogP contribution is 2.42. The molecule has 25 heavy (non-hydrogen) atoms. The van der Waals surface area contributed by atoms with Crippen molar-refractivity contribution >= 4 is 23.6 Å². The Balaban J connectivity index is 1.45. The van der Waals surface area contributed by atoms with E-state index in [1.807, 2.05) is 0 Å². The van der Waals surface area contributed by atoms with Crippen LogP contribution in [0.4, 0.5) is 0 Å². The van der Waals surface area contributed by atoms with Crippen molar-refractivity contribution in [3.05, 3.63) is 24.0 Å². The Labute approximate surface area is 149 Å². The predicted octanol–water partition coefficient (Wildman–Crippen LogP) is 2.68. The van der Waals surface area contributed by atoms with Crippen LogP contribution < -0.4 is 10.8 Å². The number of H-pyrrole nitrogens is 1. The van der Waals surface area contributed by atoms with Crippen LogP contribution in [-0.2, 0) is 9.31 Å². The molecule has 1 aliphatic carbocycles. The summed E-state index contributed by atoms with van der Waals surface area (Å²) < 4.78 is 12.4. The Kier molecular flexibility index (Phi) is 3.23. The van der Waals surface area contributed by atoms with Crippen LogP contribution in [0.2, 0.25) is 0 Å². The molecule has 2 aliphatic heterocycles. The molecule has 0 radical (unpaired) electrons. The fourth-order valence-electron chi connectivity index (χ4n) is 4.48. The Hall–Kier alpha value is -1.37. The Morgan fingerprint density at radius 1 is 1.12 bits per heavy atom. The molecule has 1 aromatic carbocycles. The van der Waals surface area contributed by atoms with Gasteiger partial charge in [0.25, 0.3) is 0 Å². The number of piperidine rings is 1. The normalized spacial score (nSPS) is 32.8. The summed E-state index contributed by atoms with van der Waals surface area (Å²) >= 11 is 0. The summed E-state index contributed by atoms with van der Waals surface area (Å²) in [5.41, 5.74) is 2.48. The van der Waals surface area contributed by atoms with Gasteiger partial charge in [0.15, 0.2) is 0 Å². The van der Waals surface area contributed by atoms with Crippen molar-refractivity contribution in [2.24, 2.45) is 5.92 Å². The van der Waals surface area contributed by atoms with Gasteiger partial charge in [-0.2, -0.15) is 0 Å². The van der Waals surface area contributed by atoms with Gasteiger partial charge in [-0.1, -0.05) is 6.07 Å². The molecule has 0 unspecified atom stereocenters. The highest BCUT2D eigenvalue weighted by Gasteiger charge is 2.51. The molecule has 5 rings (SSSR count). The number of nitrogens with zero attached hydrogens (tertiary/aromatic N) is 1. The topological polar surface area (TPSA) is 59.2 Å². The van der Waals surface area contributed by atoms with Crippen molar-refractivity contribution in [3.63, 3.8) is 0 Å². The predicted molar refractivity (Wildman–Crippen MR) is 98.8 cm³/mol. The van der Waals surface area contributed by atoms with Crippen LogP contribution in [0.3, 0.4) is 0 Å². The number of aromatic amines is 1. The quantitative estimate of drug-likeness (QED) is 0.826. The maximum atomic E-state index is 6.18. The summed E-state index contributed by atoms with van der Waals surface area (Å²) in [5, 5.41) is 3.72. The number of rotatable bonds is 2. The van der Waals surface area contributed by atoms with Gasteiger partial charge < -0.3 is 19.6 Å². The van der Waals surface area contributed by atoms with E-state index in [2.05, 4.69) is 56.2 Å². The fourth-order valence-corrected chi connectivity index (χ4v) is 4.48. The minimum absolute atomic E-state index is 0.321. The molecule has 3 heterocycles. The number of benzene rings is 1. The van der Waals surface area contributed by atoms with Crippen LogP contribution in [0.1, 0.15) is 58.8 Å². The molecule has 0 amide bonds. The van der Waals surface area contributed by atoms with E-state index in [0.717, 1.165) is 28.2 Å². The van der Waals surface area contributed by atoms with Crippen LogP contribution in [-0.4, -0.2) is 34.3 Å². The van der Waals surface area contributed by atoms with Gasteiger partial charge in [0.05, 0.1) is 28.3 Å². The molecule has 6 heteroatoms. The van der Waals surface area contributed by atoms with Gasteiger partial charge in [0.1, 0.15) is 5.82 Å². The molecule has 1 aromatic heterocycles. The molecule has 0 spiro atoms. The largest absolute Gasteiger partial charge is 0.494 e.